The molecular formula is C18H26N2O3S. The van der Waals surface area contributed by atoms with Gasteiger partial charge in [0.1, 0.15) is 0 Å². The van der Waals surface area contributed by atoms with Crippen molar-refractivity contribution >= 4 is 15.9 Å². The summed E-state index contributed by atoms with van der Waals surface area (Å²) in [5, 5.41) is 2.85. The number of allylic oxidation sites excluding steroid dienone is 1. The van der Waals surface area contributed by atoms with Gasteiger partial charge in [0.05, 0.1) is 5.75 Å². The summed E-state index contributed by atoms with van der Waals surface area (Å²) in [6.07, 6.45) is 3.98. The SMILES string of the molecule is C/C(=C\C(=O)NCc1ccccc1CS(=O)(=O)NC(C)C)C1CC1. The first-order valence-electron chi connectivity index (χ1n) is 8.29. The number of hydrogen-bond acceptors (Lipinski definition) is 3. The average molecular weight is 350 g/mol. The lowest BCUT2D eigenvalue weighted by Crippen LogP contribution is -2.31. The van der Waals surface area contributed by atoms with Gasteiger partial charge < -0.3 is 5.32 Å². The van der Waals surface area contributed by atoms with Gasteiger partial charge in [-0.15, -0.1) is 0 Å². The minimum Gasteiger partial charge on any atom is -0.348 e. The zero-order valence-corrected chi connectivity index (χ0v) is 15.3. The summed E-state index contributed by atoms with van der Waals surface area (Å²) in [5.74, 6) is 0.349. The maximum absolute atomic E-state index is 12.1. The number of rotatable bonds is 8. The third-order valence-corrected chi connectivity index (χ3v) is 5.43. The van der Waals surface area contributed by atoms with E-state index in [0.717, 1.165) is 11.1 Å². The first kappa shape index (κ1) is 18.7. The molecule has 0 bridgehead atoms. The summed E-state index contributed by atoms with van der Waals surface area (Å²) >= 11 is 0. The standard InChI is InChI=1S/C18H26N2O3S/c1-13(2)20-24(22,23)12-17-7-5-4-6-16(17)11-19-18(21)10-14(3)15-8-9-15/h4-7,10,13,15,20H,8-9,11-12H2,1-3H3,(H,19,21)/b14-10+. The fourth-order valence-electron chi connectivity index (χ4n) is 2.57. The Morgan fingerprint density at radius 1 is 1.25 bits per heavy atom. The van der Waals surface area contributed by atoms with E-state index in [1.807, 2.05) is 25.1 Å². The van der Waals surface area contributed by atoms with Gasteiger partial charge in [-0.25, -0.2) is 13.1 Å². The van der Waals surface area contributed by atoms with Gasteiger partial charge in [-0.1, -0.05) is 29.8 Å². The van der Waals surface area contributed by atoms with Crippen molar-refractivity contribution < 1.29 is 13.2 Å². The lowest BCUT2D eigenvalue weighted by Gasteiger charge is -2.13. The molecule has 0 atom stereocenters. The van der Waals surface area contributed by atoms with Crippen LogP contribution in [0.2, 0.25) is 0 Å². The van der Waals surface area contributed by atoms with E-state index in [2.05, 4.69) is 10.0 Å². The highest BCUT2D eigenvalue weighted by atomic mass is 32.2. The Kier molecular flexibility index (Phi) is 6.18. The fraction of sp³-hybridized carbons (Fsp3) is 0.500. The molecule has 0 unspecified atom stereocenters. The Balaban J connectivity index is 2.00. The zero-order valence-electron chi connectivity index (χ0n) is 14.5. The minimum absolute atomic E-state index is 0.0891. The lowest BCUT2D eigenvalue weighted by molar-refractivity contribution is -0.116. The van der Waals surface area contributed by atoms with Crippen LogP contribution in [0.4, 0.5) is 0 Å². The summed E-state index contributed by atoms with van der Waals surface area (Å²) in [6, 6.07) is 7.14. The Hall–Kier alpha value is -1.66. The Bertz CT molecular complexity index is 720. The van der Waals surface area contributed by atoms with E-state index in [1.54, 1.807) is 26.0 Å². The molecule has 1 aromatic carbocycles. The summed E-state index contributed by atoms with van der Waals surface area (Å²) in [7, 11) is -3.39. The molecule has 1 aliphatic rings. The molecule has 2 N–H and O–H groups in total. The van der Waals surface area contributed by atoms with Crippen LogP contribution in [0, 0.1) is 5.92 Å². The van der Waals surface area contributed by atoms with E-state index in [0.29, 0.717) is 18.0 Å². The quantitative estimate of drug-likeness (QED) is 0.707. The molecule has 24 heavy (non-hydrogen) atoms. The molecule has 0 radical (unpaired) electrons. The maximum Gasteiger partial charge on any atom is 0.244 e. The third-order valence-electron chi connectivity index (χ3n) is 3.91. The van der Waals surface area contributed by atoms with Gasteiger partial charge in [0.2, 0.25) is 15.9 Å². The van der Waals surface area contributed by atoms with E-state index in [1.165, 1.54) is 12.8 Å². The van der Waals surface area contributed by atoms with Gasteiger partial charge in [0.15, 0.2) is 0 Å². The zero-order chi connectivity index (χ0) is 17.7. The minimum atomic E-state index is -3.39. The predicted molar refractivity (Wildman–Crippen MR) is 95.7 cm³/mol. The molecule has 1 aliphatic carbocycles. The topological polar surface area (TPSA) is 75.3 Å². The Morgan fingerprint density at radius 3 is 2.46 bits per heavy atom. The largest absolute Gasteiger partial charge is 0.348 e. The number of benzene rings is 1. The molecule has 0 aromatic heterocycles. The highest BCUT2D eigenvalue weighted by molar-refractivity contribution is 7.88. The first-order chi connectivity index (χ1) is 11.3. The molecule has 0 aliphatic heterocycles. The van der Waals surface area contributed by atoms with E-state index in [-0.39, 0.29) is 17.7 Å². The van der Waals surface area contributed by atoms with Crippen molar-refractivity contribution in [1.29, 1.82) is 0 Å². The van der Waals surface area contributed by atoms with Crippen LogP contribution in [0.15, 0.2) is 35.9 Å². The second-order valence-corrected chi connectivity index (χ2v) is 8.43. The molecule has 2 rings (SSSR count). The molecular weight excluding hydrogens is 324 g/mol. The van der Waals surface area contributed by atoms with Gasteiger partial charge in [0.25, 0.3) is 0 Å². The van der Waals surface area contributed by atoms with E-state index < -0.39 is 10.0 Å². The van der Waals surface area contributed by atoms with Crippen LogP contribution in [0.5, 0.6) is 0 Å². The molecule has 1 fully saturated rings. The monoisotopic (exact) mass is 350 g/mol. The number of sulfonamides is 1. The van der Waals surface area contributed by atoms with Crippen molar-refractivity contribution in [3.63, 3.8) is 0 Å². The smallest absolute Gasteiger partial charge is 0.244 e. The van der Waals surface area contributed by atoms with E-state index in [9.17, 15) is 13.2 Å². The summed E-state index contributed by atoms with van der Waals surface area (Å²) < 4.78 is 26.8. The van der Waals surface area contributed by atoms with Gasteiger partial charge in [-0.05, 0) is 50.7 Å². The number of carbonyl (C=O) groups is 1. The molecule has 0 spiro atoms. The molecule has 0 heterocycles. The van der Waals surface area contributed by atoms with Gasteiger partial charge in [0, 0.05) is 18.7 Å². The maximum atomic E-state index is 12.1. The number of hydrogen-bond donors (Lipinski definition) is 2. The van der Waals surface area contributed by atoms with E-state index >= 15 is 0 Å². The van der Waals surface area contributed by atoms with E-state index in [4.69, 9.17) is 0 Å². The van der Waals surface area contributed by atoms with Crippen molar-refractivity contribution in [3.8, 4) is 0 Å². The normalized spacial score (nSPS) is 15.6. The summed E-state index contributed by atoms with van der Waals surface area (Å²) in [5.41, 5.74) is 2.63. The molecule has 6 heteroatoms. The van der Waals surface area contributed by atoms with Gasteiger partial charge in [-0.3, -0.25) is 4.79 Å². The Labute approximate surface area is 144 Å². The summed E-state index contributed by atoms with van der Waals surface area (Å²) in [4.78, 5) is 12.0. The van der Waals surface area contributed by atoms with Crippen LogP contribution in [-0.4, -0.2) is 20.4 Å². The molecule has 1 saturated carbocycles. The van der Waals surface area contributed by atoms with Crippen molar-refractivity contribution in [2.45, 2.75) is 52.0 Å². The molecule has 132 valence electrons. The second kappa shape index (κ2) is 7.94. The number of carbonyl (C=O) groups excluding carboxylic acids is 1. The van der Waals surface area contributed by atoms with Crippen LogP contribution in [-0.2, 0) is 27.1 Å². The van der Waals surface area contributed by atoms with Crippen LogP contribution in [0.25, 0.3) is 0 Å². The van der Waals surface area contributed by atoms with Crippen LogP contribution >= 0.6 is 0 Å². The van der Waals surface area contributed by atoms with Crippen LogP contribution in [0.1, 0.15) is 44.7 Å². The van der Waals surface area contributed by atoms with Crippen LogP contribution < -0.4 is 10.0 Å². The van der Waals surface area contributed by atoms with Crippen molar-refractivity contribution in [1.82, 2.24) is 10.0 Å². The molecule has 1 aromatic rings. The molecule has 1 amide bonds. The highest BCUT2D eigenvalue weighted by Gasteiger charge is 2.23. The van der Waals surface area contributed by atoms with Crippen molar-refractivity contribution in [2.24, 2.45) is 5.92 Å². The fourth-order valence-corrected chi connectivity index (χ4v) is 4.07. The van der Waals surface area contributed by atoms with Gasteiger partial charge >= 0.3 is 0 Å². The van der Waals surface area contributed by atoms with Crippen LogP contribution in [0.3, 0.4) is 0 Å². The first-order valence-corrected chi connectivity index (χ1v) is 9.95. The number of amides is 1. The molecule has 5 nitrogen and oxygen atoms in total. The lowest BCUT2D eigenvalue weighted by atomic mass is 10.1. The predicted octanol–water partition coefficient (Wildman–Crippen LogP) is 2.49. The second-order valence-electron chi connectivity index (χ2n) is 6.68. The third kappa shape index (κ3) is 6.09. The highest BCUT2D eigenvalue weighted by Crippen LogP contribution is 2.35. The number of nitrogens with one attached hydrogen (secondary N) is 2. The summed E-state index contributed by atoms with van der Waals surface area (Å²) in [6.45, 7) is 5.88. The van der Waals surface area contributed by atoms with Crippen molar-refractivity contribution in [2.75, 3.05) is 0 Å². The average Bonchev–Trinajstić information content (AvgIpc) is 3.29. The van der Waals surface area contributed by atoms with Crippen molar-refractivity contribution in [3.05, 3.63) is 47.0 Å². The van der Waals surface area contributed by atoms with Gasteiger partial charge in [-0.2, -0.15) is 0 Å². The Morgan fingerprint density at radius 2 is 1.88 bits per heavy atom. The molecule has 0 saturated heterocycles.